The number of hydrogen-bond acceptors (Lipinski definition) is 5. The van der Waals surface area contributed by atoms with Gasteiger partial charge >= 0.3 is 11.9 Å². The van der Waals surface area contributed by atoms with Crippen LogP contribution in [0, 0.1) is 21.7 Å². The summed E-state index contributed by atoms with van der Waals surface area (Å²) < 4.78 is 14.0. The number of ether oxygens (including phenoxy) is 2. The summed E-state index contributed by atoms with van der Waals surface area (Å²) in [4.78, 5) is 29.7. The molecule has 0 amide bonds. The van der Waals surface area contributed by atoms with E-state index in [1.807, 2.05) is 17.8 Å². The van der Waals surface area contributed by atoms with Gasteiger partial charge in [0.25, 0.3) is 0 Å². The Labute approximate surface area is 233 Å². The van der Waals surface area contributed by atoms with E-state index in [2.05, 4.69) is 81.3 Å². The molecule has 0 saturated carbocycles. The van der Waals surface area contributed by atoms with Gasteiger partial charge in [0.05, 0.1) is 59.1 Å². The summed E-state index contributed by atoms with van der Waals surface area (Å²) in [7, 11) is 4.10. The maximum absolute atomic E-state index is 12.7. The summed E-state index contributed by atoms with van der Waals surface area (Å²) >= 11 is 0. The standard InChI is InChI=1S/C31H58N3O4/c1-28(2,3)20-30(7,8)22-37-26(35)14-17-34(12,16-13-25-19-32-24-33(25)11)18-15-27(36)38-23-31(9,10)21-29(4,5)6/h19,24H,13-18,20-23H2,1-12H3/q+1. The molecule has 220 valence electrons. The van der Waals surface area contributed by atoms with Crippen LogP contribution in [0.2, 0.25) is 0 Å². The number of carbonyl (C=O) groups is 2. The van der Waals surface area contributed by atoms with Gasteiger partial charge in [-0.25, -0.2) is 4.98 Å². The number of likely N-dealkylation sites (N-methyl/N-ethyl adjacent to an activating group) is 1. The molecule has 7 nitrogen and oxygen atoms in total. The van der Waals surface area contributed by atoms with E-state index in [-0.39, 0.29) is 33.6 Å². The molecule has 0 saturated heterocycles. The number of aryl methyl sites for hydroxylation is 1. The van der Waals surface area contributed by atoms with Crippen LogP contribution in [0.15, 0.2) is 12.5 Å². The predicted octanol–water partition coefficient (Wildman–Crippen LogP) is 6.20. The van der Waals surface area contributed by atoms with Gasteiger partial charge in [-0.05, 0) is 34.5 Å². The molecule has 1 aromatic rings. The van der Waals surface area contributed by atoms with Crippen LogP contribution in [0.5, 0.6) is 0 Å². The summed E-state index contributed by atoms with van der Waals surface area (Å²) in [6.07, 6.45) is 7.08. The van der Waals surface area contributed by atoms with Crippen LogP contribution in [0.4, 0.5) is 0 Å². The third-order valence-corrected chi connectivity index (χ3v) is 6.80. The quantitative estimate of drug-likeness (QED) is 0.197. The average Bonchev–Trinajstić information content (AvgIpc) is 3.14. The first kappa shape index (κ1) is 34.1. The van der Waals surface area contributed by atoms with Crippen LogP contribution >= 0.6 is 0 Å². The van der Waals surface area contributed by atoms with Crippen molar-refractivity contribution in [2.75, 3.05) is 39.9 Å². The van der Waals surface area contributed by atoms with E-state index in [1.54, 1.807) is 6.33 Å². The van der Waals surface area contributed by atoms with E-state index in [9.17, 15) is 9.59 Å². The molecule has 38 heavy (non-hydrogen) atoms. The Hall–Kier alpha value is -1.89. The van der Waals surface area contributed by atoms with Gasteiger partial charge in [-0.2, -0.15) is 0 Å². The topological polar surface area (TPSA) is 70.4 Å². The molecule has 0 fully saturated rings. The minimum absolute atomic E-state index is 0.0733. The molecule has 0 aliphatic rings. The van der Waals surface area contributed by atoms with E-state index in [4.69, 9.17) is 9.47 Å². The van der Waals surface area contributed by atoms with Crippen molar-refractivity contribution in [3.63, 3.8) is 0 Å². The van der Waals surface area contributed by atoms with Crippen molar-refractivity contribution in [2.24, 2.45) is 28.7 Å². The van der Waals surface area contributed by atoms with Crippen molar-refractivity contribution >= 4 is 11.9 Å². The minimum Gasteiger partial charge on any atom is -0.465 e. The lowest BCUT2D eigenvalue weighted by molar-refractivity contribution is -0.908. The number of quaternary nitrogens is 1. The lowest BCUT2D eigenvalue weighted by Crippen LogP contribution is -2.48. The number of esters is 2. The number of rotatable bonds is 15. The Morgan fingerprint density at radius 3 is 1.55 bits per heavy atom. The fourth-order valence-corrected chi connectivity index (χ4v) is 5.74. The maximum atomic E-state index is 12.7. The van der Waals surface area contributed by atoms with Gasteiger partial charge in [0.1, 0.15) is 0 Å². The highest BCUT2D eigenvalue weighted by molar-refractivity contribution is 5.70. The van der Waals surface area contributed by atoms with Gasteiger partial charge in [0, 0.05) is 25.4 Å². The second-order valence-corrected chi connectivity index (χ2v) is 15.7. The van der Waals surface area contributed by atoms with Gasteiger partial charge in [0.2, 0.25) is 0 Å². The zero-order valence-corrected chi connectivity index (χ0v) is 26.7. The molecule has 0 unspecified atom stereocenters. The summed E-state index contributed by atoms with van der Waals surface area (Å²) in [5.41, 5.74) is 1.33. The molecule has 0 aliphatic heterocycles. The summed E-state index contributed by atoms with van der Waals surface area (Å²) in [6, 6.07) is 0. The van der Waals surface area contributed by atoms with E-state index in [0.717, 1.165) is 31.5 Å². The molecule has 0 spiro atoms. The Bertz CT molecular complexity index is 840. The minimum atomic E-state index is -0.177. The second-order valence-electron chi connectivity index (χ2n) is 15.7. The lowest BCUT2D eigenvalue weighted by Gasteiger charge is -2.35. The number of nitrogens with zero attached hydrogens (tertiary/aromatic N) is 3. The van der Waals surface area contributed by atoms with Crippen LogP contribution in [0.1, 0.15) is 101 Å². The summed E-state index contributed by atoms with van der Waals surface area (Å²) in [5, 5.41) is 0. The largest absolute Gasteiger partial charge is 0.465 e. The van der Waals surface area contributed by atoms with Gasteiger partial charge < -0.3 is 18.5 Å². The number of aromatic nitrogens is 2. The van der Waals surface area contributed by atoms with E-state index in [0.29, 0.717) is 43.6 Å². The predicted molar refractivity (Wildman–Crippen MR) is 155 cm³/mol. The zero-order valence-electron chi connectivity index (χ0n) is 26.7. The third-order valence-electron chi connectivity index (χ3n) is 6.80. The molecular weight excluding hydrogens is 478 g/mol. The van der Waals surface area contributed by atoms with Crippen molar-refractivity contribution in [3.05, 3.63) is 18.2 Å². The monoisotopic (exact) mass is 536 g/mol. The maximum Gasteiger partial charge on any atom is 0.311 e. The molecular formula is C31H58N3O4+. The van der Waals surface area contributed by atoms with E-state index >= 15 is 0 Å². The Balaban J connectivity index is 2.73. The van der Waals surface area contributed by atoms with Crippen LogP contribution in [0.25, 0.3) is 0 Å². The molecule has 0 bridgehead atoms. The highest BCUT2D eigenvalue weighted by atomic mass is 16.5. The first-order valence-electron chi connectivity index (χ1n) is 14.2. The number of imidazole rings is 1. The zero-order chi connectivity index (χ0) is 29.4. The second kappa shape index (κ2) is 13.5. The molecule has 1 heterocycles. The first-order valence-corrected chi connectivity index (χ1v) is 14.2. The van der Waals surface area contributed by atoms with Crippen molar-refractivity contribution in [1.82, 2.24) is 9.55 Å². The Kier molecular flexibility index (Phi) is 12.1. The fraction of sp³-hybridized carbons (Fsp3) is 0.839. The first-order chi connectivity index (χ1) is 17.1. The molecule has 0 aliphatic carbocycles. The Morgan fingerprint density at radius 2 is 1.21 bits per heavy atom. The Morgan fingerprint density at radius 1 is 0.789 bits per heavy atom. The van der Waals surface area contributed by atoms with Gasteiger partial charge in [-0.1, -0.05) is 69.2 Å². The summed E-state index contributed by atoms with van der Waals surface area (Å²) in [5.74, 6) is -0.355. The smallest absolute Gasteiger partial charge is 0.311 e. The average molecular weight is 537 g/mol. The number of hydrogen-bond donors (Lipinski definition) is 0. The molecule has 7 heteroatoms. The van der Waals surface area contributed by atoms with Crippen molar-refractivity contribution in [2.45, 2.75) is 101 Å². The van der Waals surface area contributed by atoms with Crippen LogP contribution in [0.3, 0.4) is 0 Å². The van der Waals surface area contributed by atoms with Gasteiger partial charge in [0.15, 0.2) is 0 Å². The molecule has 1 rings (SSSR count). The van der Waals surface area contributed by atoms with Crippen LogP contribution < -0.4 is 0 Å². The van der Waals surface area contributed by atoms with E-state index < -0.39 is 0 Å². The van der Waals surface area contributed by atoms with Crippen LogP contribution in [-0.2, 0) is 32.5 Å². The van der Waals surface area contributed by atoms with Crippen molar-refractivity contribution in [3.8, 4) is 0 Å². The highest BCUT2D eigenvalue weighted by Crippen LogP contribution is 2.34. The van der Waals surface area contributed by atoms with Crippen LogP contribution in [-0.4, -0.2) is 65.9 Å². The summed E-state index contributed by atoms with van der Waals surface area (Å²) in [6.45, 7) is 24.7. The molecule has 0 radical (unpaired) electrons. The molecule has 0 N–H and O–H groups in total. The third kappa shape index (κ3) is 14.9. The number of carbonyl (C=O) groups excluding carboxylic acids is 2. The normalized spacial score (nSPS) is 13.5. The highest BCUT2D eigenvalue weighted by Gasteiger charge is 2.30. The molecule has 0 aromatic carbocycles. The van der Waals surface area contributed by atoms with Crippen molar-refractivity contribution < 1.29 is 23.5 Å². The van der Waals surface area contributed by atoms with E-state index in [1.165, 1.54) is 0 Å². The molecule has 1 aromatic heterocycles. The fourth-order valence-electron chi connectivity index (χ4n) is 5.74. The SMILES string of the molecule is Cn1cncc1CC[N+](C)(CCC(=O)OCC(C)(C)CC(C)(C)C)CCC(=O)OCC(C)(C)CC(C)(C)C. The molecule has 0 atom stereocenters. The van der Waals surface area contributed by atoms with Gasteiger partial charge in [-0.15, -0.1) is 0 Å². The lowest BCUT2D eigenvalue weighted by atomic mass is 9.77. The van der Waals surface area contributed by atoms with Crippen molar-refractivity contribution in [1.29, 1.82) is 0 Å². The van der Waals surface area contributed by atoms with Gasteiger partial charge in [-0.3, -0.25) is 9.59 Å².